The first kappa shape index (κ1) is 10.7. The quantitative estimate of drug-likeness (QED) is 0.796. The van der Waals surface area contributed by atoms with E-state index in [1.807, 2.05) is 0 Å². The van der Waals surface area contributed by atoms with Crippen LogP contribution in [0.3, 0.4) is 0 Å². The van der Waals surface area contributed by atoms with Crippen molar-refractivity contribution in [3.63, 3.8) is 0 Å². The van der Waals surface area contributed by atoms with Crippen molar-refractivity contribution in [1.29, 1.82) is 0 Å². The lowest BCUT2D eigenvalue weighted by atomic mass is 10.2. The lowest BCUT2D eigenvalue weighted by molar-refractivity contribution is -0.153. The maximum Gasteiger partial charge on any atom is 0.422 e. The Kier molecular flexibility index (Phi) is 2.45. The molecule has 1 aliphatic rings. The molecule has 0 radical (unpaired) electrons. The van der Waals surface area contributed by atoms with Gasteiger partial charge in [0.1, 0.15) is 5.75 Å². The van der Waals surface area contributed by atoms with Crippen LogP contribution >= 0.6 is 0 Å². The number of ether oxygens (including phenoxy) is 3. The van der Waals surface area contributed by atoms with Crippen molar-refractivity contribution in [2.75, 3.05) is 19.1 Å². The standard InChI is InChI=1S/C9H8F3NO3/c10-9(11,12)3-14-6-2-8-7(1-5(6)13)15-4-16-8/h1-2H,3-4,13H2. The monoisotopic (exact) mass is 235 g/mol. The van der Waals surface area contributed by atoms with Crippen LogP contribution in [0.2, 0.25) is 0 Å². The topological polar surface area (TPSA) is 53.7 Å². The number of nitrogen functional groups attached to an aromatic ring is 1. The van der Waals surface area contributed by atoms with Crippen molar-refractivity contribution in [3.8, 4) is 17.2 Å². The first-order valence-corrected chi connectivity index (χ1v) is 4.34. The summed E-state index contributed by atoms with van der Waals surface area (Å²) in [5.41, 5.74) is 5.57. The van der Waals surface area contributed by atoms with Gasteiger partial charge in [0.15, 0.2) is 18.1 Å². The molecule has 7 heteroatoms. The van der Waals surface area contributed by atoms with Crippen molar-refractivity contribution in [2.45, 2.75) is 6.18 Å². The second-order valence-electron chi connectivity index (χ2n) is 3.15. The van der Waals surface area contributed by atoms with E-state index < -0.39 is 12.8 Å². The summed E-state index contributed by atoms with van der Waals surface area (Å²) in [5, 5.41) is 0. The summed E-state index contributed by atoms with van der Waals surface area (Å²) in [6.07, 6.45) is -4.40. The summed E-state index contributed by atoms with van der Waals surface area (Å²) < 4.78 is 50.3. The van der Waals surface area contributed by atoms with Crippen LogP contribution in [0.4, 0.5) is 18.9 Å². The first-order valence-electron chi connectivity index (χ1n) is 4.34. The Balaban J connectivity index is 2.16. The maximum atomic E-state index is 11.9. The van der Waals surface area contributed by atoms with Crippen LogP contribution in [0, 0.1) is 0 Å². The number of hydrogen-bond donors (Lipinski definition) is 1. The lowest BCUT2D eigenvalue weighted by Crippen LogP contribution is -2.19. The van der Waals surface area contributed by atoms with E-state index in [4.69, 9.17) is 15.2 Å². The molecule has 4 nitrogen and oxygen atoms in total. The highest BCUT2D eigenvalue weighted by molar-refractivity contribution is 5.62. The molecule has 1 aliphatic heterocycles. The SMILES string of the molecule is Nc1cc2c(cc1OCC(F)(F)F)OCO2. The van der Waals surface area contributed by atoms with Crippen LogP contribution in [0.1, 0.15) is 0 Å². The number of benzene rings is 1. The van der Waals surface area contributed by atoms with Crippen LogP contribution in [0.25, 0.3) is 0 Å². The number of fused-ring (bicyclic) bond motifs is 1. The van der Waals surface area contributed by atoms with E-state index in [1.165, 1.54) is 12.1 Å². The summed E-state index contributed by atoms with van der Waals surface area (Å²) in [6, 6.07) is 2.65. The molecule has 0 spiro atoms. The van der Waals surface area contributed by atoms with Gasteiger partial charge in [0.2, 0.25) is 6.79 Å². The molecule has 1 aromatic carbocycles. The first-order chi connectivity index (χ1) is 7.46. The fraction of sp³-hybridized carbons (Fsp3) is 0.333. The molecule has 16 heavy (non-hydrogen) atoms. The highest BCUT2D eigenvalue weighted by Gasteiger charge is 2.29. The molecule has 2 N–H and O–H groups in total. The van der Waals surface area contributed by atoms with Gasteiger partial charge in [-0.3, -0.25) is 0 Å². The minimum Gasteiger partial charge on any atom is -0.482 e. The van der Waals surface area contributed by atoms with Crippen LogP contribution < -0.4 is 19.9 Å². The molecule has 0 amide bonds. The predicted molar refractivity (Wildman–Crippen MR) is 48.5 cm³/mol. The smallest absolute Gasteiger partial charge is 0.422 e. The van der Waals surface area contributed by atoms with Gasteiger partial charge in [0.05, 0.1) is 5.69 Å². The van der Waals surface area contributed by atoms with E-state index in [-0.39, 0.29) is 18.2 Å². The zero-order valence-electron chi connectivity index (χ0n) is 8.00. The van der Waals surface area contributed by atoms with Gasteiger partial charge in [-0.25, -0.2) is 0 Å². The number of halogens is 3. The fourth-order valence-electron chi connectivity index (χ4n) is 1.22. The zero-order valence-corrected chi connectivity index (χ0v) is 8.00. The Morgan fingerprint density at radius 2 is 1.88 bits per heavy atom. The summed E-state index contributed by atoms with van der Waals surface area (Å²) in [4.78, 5) is 0. The lowest BCUT2D eigenvalue weighted by Gasteiger charge is -2.11. The van der Waals surface area contributed by atoms with Gasteiger partial charge in [-0.15, -0.1) is 0 Å². The van der Waals surface area contributed by atoms with Crippen LogP contribution in [-0.4, -0.2) is 19.6 Å². The second-order valence-corrected chi connectivity index (χ2v) is 3.15. The van der Waals surface area contributed by atoms with Crippen LogP contribution in [-0.2, 0) is 0 Å². The third-order valence-corrected chi connectivity index (χ3v) is 1.90. The Bertz CT molecular complexity index is 406. The maximum absolute atomic E-state index is 11.9. The molecule has 1 heterocycles. The zero-order chi connectivity index (χ0) is 11.8. The number of nitrogens with two attached hydrogens (primary N) is 1. The van der Waals surface area contributed by atoms with Gasteiger partial charge in [-0.2, -0.15) is 13.2 Å². The molecule has 0 aliphatic carbocycles. The predicted octanol–water partition coefficient (Wildman–Crippen LogP) is 1.94. The Labute approximate surface area is 88.7 Å². The minimum absolute atomic E-state index is 0.0253. The Morgan fingerprint density at radius 1 is 1.25 bits per heavy atom. The average molecular weight is 235 g/mol. The van der Waals surface area contributed by atoms with E-state index in [0.717, 1.165) is 0 Å². The van der Waals surface area contributed by atoms with Crippen molar-refractivity contribution < 1.29 is 27.4 Å². The van der Waals surface area contributed by atoms with E-state index in [0.29, 0.717) is 11.5 Å². The third kappa shape index (κ3) is 2.23. The molecule has 0 bridgehead atoms. The number of alkyl halides is 3. The fourth-order valence-corrected chi connectivity index (χ4v) is 1.22. The molecule has 0 saturated heterocycles. The van der Waals surface area contributed by atoms with Crippen molar-refractivity contribution >= 4 is 5.69 Å². The highest BCUT2D eigenvalue weighted by atomic mass is 19.4. The second kappa shape index (κ2) is 3.66. The molecule has 0 unspecified atom stereocenters. The Hall–Kier alpha value is -1.79. The van der Waals surface area contributed by atoms with Gasteiger partial charge >= 0.3 is 6.18 Å². The van der Waals surface area contributed by atoms with Gasteiger partial charge in [0, 0.05) is 12.1 Å². The normalized spacial score (nSPS) is 13.9. The molecular weight excluding hydrogens is 227 g/mol. The number of hydrogen-bond acceptors (Lipinski definition) is 4. The number of rotatable bonds is 2. The summed E-state index contributed by atoms with van der Waals surface area (Å²) in [7, 11) is 0. The van der Waals surface area contributed by atoms with Crippen LogP contribution in [0.15, 0.2) is 12.1 Å². The molecule has 0 atom stereocenters. The van der Waals surface area contributed by atoms with Gasteiger partial charge < -0.3 is 19.9 Å². The third-order valence-electron chi connectivity index (χ3n) is 1.90. The van der Waals surface area contributed by atoms with Gasteiger partial charge in [-0.05, 0) is 0 Å². The van der Waals surface area contributed by atoms with Crippen LogP contribution in [0.5, 0.6) is 17.2 Å². The highest BCUT2D eigenvalue weighted by Crippen LogP contribution is 2.39. The molecule has 88 valence electrons. The number of anilines is 1. The van der Waals surface area contributed by atoms with Crippen molar-refractivity contribution in [3.05, 3.63) is 12.1 Å². The molecule has 0 fully saturated rings. The summed E-state index contributed by atoms with van der Waals surface area (Å²) >= 11 is 0. The van der Waals surface area contributed by atoms with Gasteiger partial charge in [-0.1, -0.05) is 0 Å². The molecule has 0 aromatic heterocycles. The van der Waals surface area contributed by atoms with E-state index in [2.05, 4.69) is 4.74 Å². The van der Waals surface area contributed by atoms with E-state index in [9.17, 15) is 13.2 Å². The summed E-state index contributed by atoms with van der Waals surface area (Å²) in [5.74, 6) is 0.657. The average Bonchev–Trinajstić information content (AvgIpc) is 2.59. The van der Waals surface area contributed by atoms with Crippen molar-refractivity contribution in [1.82, 2.24) is 0 Å². The molecule has 2 rings (SSSR count). The van der Waals surface area contributed by atoms with Gasteiger partial charge in [0.25, 0.3) is 0 Å². The molecule has 0 saturated carbocycles. The molecule has 1 aromatic rings. The largest absolute Gasteiger partial charge is 0.482 e. The Morgan fingerprint density at radius 3 is 2.50 bits per heavy atom. The van der Waals surface area contributed by atoms with E-state index >= 15 is 0 Å². The van der Waals surface area contributed by atoms with E-state index in [1.54, 1.807) is 0 Å². The van der Waals surface area contributed by atoms with Crippen molar-refractivity contribution in [2.24, 2.45) is 0 Å². The minimum atomic E-state index is -4.40. The molecular formula is C9H8F3NO3. The summed E-state index contributed by atoms with van der Waals surface area (Å²) in [6.45, 7) is -1.37.